The fourth-order valence-corrected chi connectivity index (χ4v) is 2.46. The van der Waals surface area contributed by atoms with E-state index in [2.05, 4.69) is 12.6 Å². The van der Waals surface area contributed by atoms with Crippen LogP contribution in [0, 0.1) is 0 Å². The Balaban J connectivity index is 2.41. The van der Waals surface area contributed by atoms with Gasteiger partial charge in [-0.15, -0.1) is 0 Å². The number of anilines is 1. The van der Waals surface area contributed by atoms with E-state index in [4.69, 9.17) is 23.2 Å². The van der Waals surface area contributed by atoms with Crippen molar-refractivity contribution in [2.45, 2.75) is 11.7 Å². The average molecular weight is 278 g/mol. The monoisotopic (exact) mass is 277 g/mol. The van der Waals surface area contributed by atoms with E-state index in [1.54, 1.807) is 0 Å². The first-order valence-corrected chi connectivity index (χ1v) is 5.92. The van der Waals surface area contributed by atoms with Gasteiger partial charge in [-0.05, 0) is 6.07 Å². The molecule has 3 nitrogen and oxygen atoms in total. The molecule has 1 aliphatic heterocycles. The van der Waals surface area contributed by atoms with Gasteiger partial charge in [0.05, 0.1) is 15.7 Å². The zero-order chi connectivity index (χ0) is 11.9. The molecule has 1 heterocycles. The molecule has 0 spiro atoms. The lowest BCUT2D eigenvalue weighted by molar-refractivity contribution is -0.117. The highest BCUT2D eigenvalue weighted by Gasteiger charge is 2.30. The summed E-state index contributed by atoms with van der Waals surface area (Å²) >= 11 is 15.9. The van der Waals surface area contributed by atoms with Gasteiger partial charge in [0.2, 0.25) is 5.91 Å². The Morgan fingerprint density at radius 2 is 2.06 bits per heavy atom. The van der Waals surface area contributed by atoms with Gasteiger partial charge in [-0.2, -0.15) is 12.6 Å². The molecule has 2 rings (SSSR count). The number of aromatic hydroxyl groups is 1. The van der Waals surface area contributed by atoms with Crippen LogP contribution < -0.4 is 4.90 Å². The normalized spacial score (nSPS) is 20.6. The van der Waals surface area contributed by atoms with E-state index in [-0.39, 0.29) is 21.9 Å². The van der Waals surface area contributed by atoms with E-state index in [1.165, 1.54) is 17.0 Å². The Morgan fingerprint density at radius 3 is 2.62 bits per heavy atom. The van der Waals surface area contributed by atoms with Gasteiger partial charge in [0.25, 0.3) is 0 Å². The fourth-order valence-electron chi connectivity index (χ4n) is 1.65. The molecule has 1 aromatic carbocycles. The maximum absolute atomic E-state index is 11.6. The summed E-state index contributed by atoms with van der Waals surface area (Å²) in [6.45, 7) is 0.489. The number of hydrogen-bond donors (Lipinski definition) is 2. The van der Waals surface area contributed by atoms with Gasteiger partial charge in [-0.1, -0.05) is 23.2 Å². The Kier molecular flexibility index (Phi) is 3.24. The van der Waals surface area contributed by atoms with Gasteiger partial charge in [0, 0.05) is 24.3 Å². The van der Waals surface area contributed by atoms with Crippen molar-refractivity contribution in [3.63, 3.8) is 0 Å². The molecular weight excluding hydrogens is 269 g/mol. The lowest BCUT2D eigenvalue weighted by Gasteiger charge is -2.18. The molecular formula is C10H9Cl2NO2S. The van der Waals surface area contributed by atoms with Crippen molar-refractivity contribution in [3.8, 4) is 5.75 Å². The summed E-state index contributed by atoms with van der Waals surface area (Å²) in [5.74, 6) is -0.139. The van der Waals surface area contributed by atoms with Crippen LogP contribution in [0.5, 0.6) is 5.75 Å². The van der Waals surface area contributed by atoms with Gasteiger partial charge in [0.15, 0.2) is 0 Å². The second kappa shape index (κ2) is 4.35. The van der Waals surface area contributed by atoms with Crippen molar-refractivity contribution >= 4 is 47.4 Å². The van der Waals surface area contributed by atoms with E-state index in [0.717, 1.165) is 0 Å². The van der Waals surface area contributed by atoms with E-state index >= 15 is 0 Å². The Bertz CT molecular complexity index is 453. The van der Waals surface area contributed by atoms with Gasteiger partial charge in [0.1, 0.15) is 5.75 Å². The zero-order valence-electron chi connectivity index (χ0n) is 8.15. The SMILES string of the molecule is O=C1CC(S)CN1c1cc(O)c(Cl)cc1Cl. The highest BCUT2D eigenvalue weighted by Crippen LogP contribution is 2.37. The van der Waals surface area contributed by atoms with Gasteiger partial charge in [-0.3, -0.25) is 4.79 Å². The maximum Gasteiger partial charge on any atom is 0.228 e. The summed E-state index contributed by atoms with van der Waals surface area (Å²) in [6, 6.07) is 2.82. The standard InChI is InChI=1S/C10H9Cl2NO2S/c11-6-2-7(12)9(14)3-8(6)13-4-5(16)1-10(13)15/h2-3,5,14,16H,1,4H2. The molecule has 1 amide bonds. The van der Waals surface area contributed by atoms with Crippen LogP contribution in [-0.2, 0) is 4.79 Å². The van der Waals surface area contributed by atoms with Crippen LogP contribution in [0.4, 0.5) is 5.69 Å². The topological polar surface area (TPSA) is 40.5 Å². The maximum atomic E-state index is 11.6. The van der Waals surface area contributed by atoms with Crippen molar-refractivity contribution in [1.29, 1.82) is 0 Å². The number of halogens is 2. The number of carbonyl (C=O) groups is 1. The van der Waals surface area contributed by atoms with Gasteiger partial charge >= 0.3 is 0 Å². The number of amides is 1. The summed E-state index contributed by atoms with van der Waals surface area (Å²) < 4.78 is 0. The number of nitrogens with zero attached hydrogens (tertiary/aromatic N) is 1. The minimum absolute atomic E-state index is 0.00128. The van der Waals surface area contributed by atoms with Crippen molar-refractivity contribution in [2.24, 2.45) is 0 Å². The third-order valence-electron chi connectivity index (χ3n) is 2.41. The van der Waals surface area contributed by atoms with E-state index in [9.17, 15) is 9.90 Å². The predicted octanol–water partition coefficient (Wildman–Crippen LogP) is 2.73. The van der Waals surface area contributed by atoms with Gasteiger partial charge < -0.3 is 10.0 Å². The van der Waals surface area contributed by atoms with Crippen LogP contribution in [0.2, 0.25) is 10.0 Å². The number of benzene rings is 1. The van der Waals surface area contributed by atoms with E-state index in [0.29, 0.717) is 23.7 Å². The van der Waals surface area contributed by atoms with E-state index in [1.807, 2.05) is 0 Å². The smallest absolute Gasteiger partial charge is 0.228 e. The molecule has 1 aromatic rings. The Hall–Kier alpha value is -0.580. The zero-order valence-corrected chi connectivity index (χ0v) is 10.6. The minimum atomic E-state index is -0.0866. The molecule has 0 aliphatic carbocycles. The van der Waals surface area contributed by atoms with Gasteiger partial charge in [-0.25, -0.2) is 0 Å². The highest BCUT2D eigenvalue weighted by molar-refractivity contribution is 7.81. The first-order valence-electron chi connectivity index (χ1n) is 4.65. The molecule has 1 N–H and O–H groups in total. The first-order chi connectivity index (χ1) is 7.49. The number of rotatable bonds is 1. The summed E-state index contributed by atoms with van der Waals surface area (Å²) in [5, 5.41) is 10.0. The summed E-state index contributed by atoms with van der Waals surface area (Å²) in [7, 11) is 0. The molecule has 1 unspecified atom stereocenters. The van der Waals surface area contributed by atoms with Crippen molar-refractivity contribution in [2.75, 3.05) is 11.4 Å². The molecule has 16 heavy (non-hydrogen) atoms. The molecule has 86 valence electrons. The number of carbonyl (C=O) groups excluding carboxylic acids is 1. The lowest BCUT2D eigenvalue weighted by Crippen LogP contribution is -2.24. The molecule has 0 bridgehead atoms. The highest BCUT2D eigenvalue weighted by atomic mass is 35.5. The molecule has 1 fully saturated rings. The summed E-state index contributed by atoms with van der Waals surface area (Å²) in [4.78, 5) is 13.1. The second-order valence-corrected chi connectivity index (χ2v) is 5.16. The lowest BCUT2D eigenvalue weighted by atomic mass is 10.2. The van der Waals surface area contributed by atoms with Crippen molar-refractivity contribution in [3.05, 3.63) is 22.2 Å². The van der Waals surface area contributed by atoms with Crippen LogP contribution in [0.1, 0.15) is 6.42 Å². The second-order valence-electron chi connectivity index (χ2n) is 3.62. The predicted molar refractivity (Wildman–Crippen MR) is 67.9 cm³/mol. The number of hydrogen-bond acceptors (Lipinski definition) is 3. The Labute approximate surface area is 108 Å². The number of phenolic OH excluding ortho intramolecular Hbond substituents is 1. The molecule has 1 atom stereocenters. The average Bonchev–Trinajstić information content (AvgIpc) is 2.51. The molecule has 1 aliphatic rings. The molecule has 0 radical (unpaired) electrons. The summed E-state index contributed by atoms with van der Waals surface area (Å²) in [5.41, 5.74) is 0.477. The van der Waals surface area contributed by atoms with Crippen LogP contribution in [-0.4, -0.2) is 22.8 Å². The minimum Gasteiger partial charge on any atom is -0.506 e. The van der Waals surface area contributed by atoms with Crippen LogP contribution >= 0.6 is 35.8 Å². The van der Waals surface area contributed by atoms with Crippen LogP contribution in [0.15, 0.2) is 12.1 Å². The molecule has 6 heteroatoms. The number of thiol groups is 1. The molecule has 0 aromatic heterocycles. The summed E-state index contributed by atoms with van der Waals surface area (Å²) in [6.07, 6.45) is 0.378. The number of phenols is 1. The molecule has 0 saturated carbocycles. The van der Waals surface area contributed by atoms with Crippen molar-refractivity contribution in [1.82, 2.24) is 0 Å². The van der Waals surface area contributed by atoms with Crippen LogP contribution in [0.3, 0.4) is 0 Å². The van der Waals surface area contributed by atoms with Crippen molar-refractivity contribution < 1.29 is 9.90 Å². The Morgan fingerprint density at radius 1 is 1.38 bits per heavy atom. The quantitative estimate of drug-likeness (QED) is 0.775. The fraction of sp³-hybridized carbons (Fsp3) is 0.300. The largest absolute Gasteiger partial charge is 0.506 e. The third-order valence-corrected chi connectivity index (χ3v) is 3.36. The van der Waals surface area contributed by atoms with E-state index < -0.39 is 0 Å². The first kappa shape index (κ1) is 11.9. The van der Waals surface area contributed by atoms with Crippen LogP contribution in [0.25, 0.3) is 0 Å². The molecule has 1 saturated heterocycles. The third kappa shape index (κ3) is 2.10.